The molecular weight excluding hydrogens is 248 g/mol. The molecule has 2 aromatic rings. The molecule has 0 saturated carbocycles. The fraction of sp³-hybridized carbons (Fsp3) is 0.278. The van der Waals surface area contributed by atoms with Gasteiger partial charge in [0.05, 0.1) is 7.11 Å². The Morgan fingerprint density at radius 3 is 2.40 bits per heavy atom. The van der Waals surface area contributed by atoms with E-state index < -0.39 is 0 Å². The summed E-state index contributed by atoms with van der Waals surface area (Å²) in [6, 6.07) is 11.8. The van der Waals surface area contributed by atoms with Crippen LogP contribution >= 0.6 is 0 Å². The molecule has 104 valence electrons. The summed E-state index contributed by atoms with van der Waals surface area (Å²) in [6.45, 7) is 6.04. The molecule has 0 N–H and O–H groups in total. The van der Waals surface area contributed by atoms with Crippen molar-refractivity contribution >= 4 is 5.78 Å². The molecule has 0 radical (unpaired) electrons. The highest BCUT2D eigenvalue weighted by molar-refractivity contribution is 5.99. The third kappa shape index (κ3) is 3.08. The fourth-order valence-corrected chi connectivity index (χ4v) is 2.33. The van der Waals surface area contributed by atoms with E-state index in [1.165, 1.54) is 5.56 Å². The number of benzene rings is 2. The lowest BCUT2D eigenvalue weighted by atomic mass is 9.95. The Labute approximate surface area is 120 Å². The van der Waals surface area contributed by atoms with E-state index in [-0.39, 0.29) is 5.78 Å². The Morgan fingerprint density at radius 2 is 1.75 bits per heavy atom. The summed E-state index contributed by atoms with van der Waals surface area (Å²) < 4.78 is 5.17. The standard InChI is InChI=1S/C18H20O2/c1-12-5-6-13(2)15(9-12)11-18(19)17-8-7-16(20-4)10-14(17)3/h5-10H,11H2,1-4H3. The molecule has 0 heterocycles. The minimum Gasteiger partial charge on any atom is -0.497 e. The van der Waals surface area contributed by atoms with E-state index in [1.807, 2.05) is 39.0 Å². The zero-order valence-electron chi connectivity index (χ0n) is 12.5. The molecule has 0 spiro atoms. The zero-order valence-corrected chi connectivity index (χ0v) is 12.5. The molecule has 0 bridgehead atoms. The Morgan fingerprint density at radius 1 is 1.00 bits per heavy atom. The van der Waals surface area contributed by atoms with Crippen LogP contribution in [0, 0.1) is 20.8 Å². The van der Waals surface area contributed by atoms with E-state index in [1.54, 1.807) is 7.11 Å². The SMILES string of the molecule is COc1ccc(C(=O)Cc2cc(C)ccc2C)c(C)c1. The number of ether oxygens (including phenoxy) is 1. The average molecular weight is 268 g/mol. The van der Waals surface area contributed by atoms with Gasteiger partial charge in [-0.3, -0.25) is 4.79 Å². The summed E-state index contributed by atoms with van der Waals surface area (Å²) in [6.07, 6.45) is 0.445. The Hall–Kier alpha value is -2.09. The van der Waals surface area contributed by atoms with Gasteiger partial charge in [0.15, 0.2) is 5.78 Å². The van der Waals surface area contributed by atoms with Crippen LogP contribution in [0.1, 0.15) is 32.6 Å². The van der Waals surface area contributed by atoms with Gasteiger partial charge < -0.3 is 4.74 Å². The van der Waals surface area contributed by atoms with Crippen molar-refractivity contribution in [2.24, 2.45) is 0 Å². The van der Waals surface area contributed by atoms with Gasteiger partial charge in [-0.1, -0.05) is 23.8 Å². The first-order chi connectivity index (χ1) is 9.51. The number of ketones is 1. The van der Waals surface area contributed by atoms with Gasteiger partial charge >= 0.3 is 0 Å². The number of carbonyl (C=O) groups excluding carboxylic acids is 1. The minimum absolute atomic E-state index is 0.152. The molecule has 0 saturated heterocycles. The van der Waals surface area contributed by atoms with Crippen molar-refractivity contribution in [2.45, 2.75) is 27.2 Å². The molecule has 0 unspecified atom stereocenters. The first-order valence-corrected chi connectivity index (χ1v) is 6.75. The van der Waals surface area contributed by atoms with Gasteiger partial charge in [-0.15, -0.1) is 0 Å². The second-order valence-corrected chi connectivity index (χ2v) is 5.21. The summed E-state index contributed by atoms with van der Waals surface area (Å²) in [5, 5.41) is 0. The molecule has 2 aromatic carbocycles. The predicted octanol–water partition coefficient (Wildman–Crippen LogP) is 4.05. The van der Waals surface area contributed by atoms with Crippen molar-refractivity contribution in [2.75, 3.05) is 7.11 Å². The lowest BCUT2D eigenvalue weighted by molar-refractivity contribution is 0.0992. The van der Waals surface area contributed by atoms with Crippen LogP contribution in [0.3, 0.4) is 0 Å². The van der Waals surface area contributed by atoms with Crippen LogP contribution in [0.15, 0.2) is 36.4 Å². The summed E-state index contributed by atoms with van der Waals surface area (Å²) in [5.41, 5.74) is 5.18. The third-order valence-electron chi connectivity index (χ3n) is 3.59. The molecule has 0 fully saturated rings. The number of hydrogen-bond acceptors (Lipinski definition) is 2. The van der Waals surface area contributed by atoms with E-state index in [4.69, 9.17) is 4.74 Å². The maximum Gasteiger partial charge on any atom is 0.167 e. The van der Waals surface area contributed by atoms with Gasteiger partial charge in [-0.2, -0.15) is 0 Å². The quantitative estimate of drug-likeness (QED) is 0.782. The Balaban J connectivity index is 2.26. The monoisotopic (exact) mass is 268 g/mol. The summed E-state index contributed by atoms with van der Waals surface area (Å²) in [7, 11) is 1.63. The number of rotatable bonds is 4. The molecule has 0 aliphatic carbocycles. The molecular formula is C18H20O2. The lowest BCUT2D eigenvalue weighted by Gasteiger charge is -2.09. The highest BCUT2D eigenvalue weighted by Crippen LogP contribution is 2.20. The van der Waals surface area contributed by atoms with Crippen molar-refractivity contribution < 1.29 is 9.53 Å². The van der Waals surface area contributed by atoms with E-state index in [0.29, 0.717) is 6.42 Å². The number of Topliss-reactive ketones (excluding diaryl/α,β-unsaturated/α-hetero) is 1. The van der Waals surface area contributed by atoms with Gasteiger partial charge in [-0.25, -0.2) is 0 Å². The minimum atomic E-state index is 0.152. The van der Waals surface area contributed by atoms with E-state index >= 15 is 0 Å². The van der Waals surface area contributed by atoms with Gasteiger partial charge in [0, 0.05) is 12.0 Å². The highest BCUT2D eigenvalue weighted by atomic mass is 16.5. The maximum atomic E-state index is 12.5. The van der Waals surface area contributed by atoms with Gasteiger partial charge in [-0.05, 0) is 55.7 Å². The van der Waals surface area contributed by atoms with E-state index in [2.05, 4.69) is 18.2 Å². The largest absolute Gasteiger partial charge is 0.497 e. The fourth-order valence-electron chi connectivity index (χ4n) is 2.33. The lowest BCUT2D eigenvalue weighted by Crippen LogP contribution is -2.07. The molecule has 0 amide bonds. The number of carbonyl (C=O) groups is 1. The number of hydrogen-bond donors (Lipinski definition) is 0. The van der Waals surface area contributed by atoms with Crippen LogP contribution < -0.4 is 4.74 Å². The zero-order chi connectivity index (χ0) is 14.7. The van der Waals surface area contributed by atoms with Crippen molar-refractivity contribution in [3.8, 4) is 5.75 Å². The molecule has 0 aliphatic rings. The summed E-state index contributed by atoms with van der Waals surface area (Å²) in [5.74, 6) is 0.935. The Bertz CT molecular complexity index is 642. The smallest absolute Gasteiger partial charge is 0.167 e. The molecule has 0 aromatic heterocycles. The molecule has 20 heavy (non-hydrogen) atoms. The van der Waals surface area contributed by atoms with Crippen molar-refractivity contribution in [3.05, 3.63) is 64.2 Å². The van der Waals surface area contributed by atoms with Crippen molar-refractivity contribution in [1.82, 2.24) is 0 Å². The molecule has 2 heteroatoms. The van der Waals surface area contributed by atoms with Crippen LogP contribution in [-0.4, -0.2) is 12.9 Å². The Kier molecular flexibility index (Phi) is 4.23. The first-order valence-electron chi connectivity index (χ1n) is 6.75. The van der Waals surface area contributed by atoms with Crippen LogP contribution in [0.2, 0.25) is 0 Å². The van der Waals surface area contributed by atoms with Crippen LogP contribution in [0.5, 0.6) is 5.75 Å². The van der Waals surface area contributed by atoms with Crippen molar-refractivity contribution in [1.29, 1.82) is 0 Å². The van der Waals surface area contributed by atoms with Crippen LogP contribution in [0.4, 0.5) is 0 Å². The highest BCUT2D eigenvalue weighted by Gasteiger charge is 2.12. The van der Waals surface area contributed by atoms with Gasteiger partial charge in [0.2, 0.25) is 0 Å². The van der Waals surface area contributed by atoms with Crippen LogP contribution in [-0.2, 0) is 6.42 Å². The second kappa shape index (κ2) is 5.91. The van der Waals surface area contributed by atoms with Crippen LogP contribution in [0.25, 0.3) is 0 Å². The summed E-state index contributed by atoms with van der Waals surface area (Å²) in [4.78, 5) is 12.5. The molecule has 0 atom stereocenters. The third-order valence-corrected chi connectivity index (χ3v) is 3.59. The van der Waals surface area contributed by atoms with E-state index in [0.717, 1.165) is 28.0 Å². The molecule has 2 rings (SSSR count). The molecule has 0 aliphatic heterocycles. The number of aryl methyl sites for hydroxylation is 3. The number of methoxy groups -OCH3 is 1. The normalized spacial score (nSPS) is 10.4. The second-order valence-electron chi connectivity index (χ2n) is 5.21. The average Bonchev–Trinajstić information content (AvgIpc) is 2.42. The van der Waals surface area contributed by atoms with Crippen molar-refractivity contribution in [3.63, 3.8) is 0 Å². The van der Waals surface area contributed by atoms with Gasteiger partial charge in [0.25, 0.3) is 0 Å². The van der Waals surface area contributed by atoms with Gasteiger partial charge in [0.1, 0.15) is 5.75 Å². The topological polar surface area (TPSA) is 26.3 Å². The summed E-state index contributed by atoms with van der Waals surface area (Å²) >= 11 is 0. The first kappa shape index (κ1) is 14.3. The van der Waals surface area contributed by atoms with E-state index in [9.17, 15) is 4.79 Å². The molecule has 2 nitrogen and oxygen atoms in total. The predicted molar refractivity (Wildman–Crippen MR) is 81.7 cm³/mol. The maximum absolute atomic E-state index is 12.5.